The van der Waals surface area contributed by atoms with E-state index >= 15 is 0 Å². The minimum Gasteiger partial charge on any atom is -0.493 e. The van der Waals surface area contributed by atoms with Crippen molar-refractivity contribution in [3.8, 4) is 11.5 Å². The van der Waals surface area contributed by atoms with Crippen molar-refractivity contribution in [2.24, 2.45) is 0 Å². The van der Waals surface area contributed by atoms with Gasteiger partial charge in [-0.3, -0.25) is 9.59 Å². The summed E-state index contributed by atoms with van der Waals surface area (Å²) in [5.41, 5.74) is 1.65. The first-order chi connectivity index (χ1) is 13.0. The molecule has 0 radical (unpaired) electrons. The highest BCUT2D eigenvalue weighted by molar-refractivity contribution is 6.31. The number of hydrogen-bond donors (Lipinski definition) is 1. The van der Waals surface area contributed by atoms with Gasteiger partial charge in [0.1, 0.15) is 0 Å². The van der Waals surface area contributed by atoms with Gasteiger partial charge in [-0.1, -0.05) is 35.9 Å². The van der Waals surface area contributed by atoms with Crippen molar-refractivity contribution in [2.45, 2.75) is 12.8 Å². The molecule has 0 aliphatic rings. The van der Waals surface area contributed by atoms with Gasteiger partial charge >= 0.3 is 5.97 Å². The fourth-order valence-electron chi connectivity index (χ4n) is 2.43. The summed E-state index contributed by atoms with van der Waals surface area (Å²) >= 11 is 5.99. The lowest BCUT2D eigenvalue weighted by atomic mass is 10.1. The van der Waals surface area contributed by atoms with Crippen LogP contribution in [0.2, 0.25) is 5.02 Å². The summed E-state index contributed by atoms with van der Waals surface area (Å²) < 4.78 is 15.4. The van der Waals surface area contributed by atoms with Gasteiger partial charge in [-0.05, 0) is 35.7 Å². The van der Waals surface area contributed by atoms with Crippen LogP contribution < -0.4 is 14.8 Å². The zero-order valence-electron chi connectivity index (χ0n) is 15.3. The van der Waals surface area contributed by atoms with Crippen molar-refractivity contribution in [2.75, 3.05) is 27.4 Å². The molecule has 2 aromatic rings. The largest absolute Gasteiger partial charge is 0.493 e. The standard InChI is InChI=1S/C20H22ClNO5/c1-25-17-8-7-14(11-18(17)26-2)9-10-22-19(23)13-27-20(24)12-15-5-3-4-6-16(15)21/h3-8,11H,9-10,12-13H2,1-2H3,(H,22,23). The van der Waals surface area contributed by atoms with E-state index in [2.05, 4.69) is 5.32 Å². The third-order valence-electron chi connectivity index (χ3n) is 3.84. The van der Waals surface area contributed by atoms with Gasteiger partial charge in [0.15, 0.2) is 18.1 Å². The maximum atomic E-state index is 11.8. The molecular formula is C20H22ClNO5. The maximum absolute atomic E-state index is 11.8. The summed E-state index contributed by atoms with van der Waals surface area (Å²) in [6.07, 6.45) is 0.637. The van der Waals surface area contributed by atoms with Crippen LogP contribution >= 0.6 is 11.6 Å². The average molecular weight is 392 g/mol. The third-order valence-corrected chi connectivity index (χ3v) is 4.21. The summed E-state index contributed by atoms with van der Waals surface area (Å²) in [5.74, 6) is 0.423. The van der Waals surface area contributed by atoms with E-state index in [1.54, 1.807) is 38.5 Å². The van der Waals surface area contributed by atoms with E-state index < -0.39 is 5.97 Å². The lowest BCUT2D eigenvalue weighted by molar-refractivity contribution is -0.147. The van der Waals surface area contributed by atoms with E-state index in [0.717, 1.165) is 5.56 Å². The van der Waals surface area contributed by atoms with Crippen LogP contribution in [-0.2, 0) is 27.2 Å². The van der Waals surface area contributed by atoms with Gasteiger partial charge in [0.2, 0.25) is 0 Å². The van der Waals surface area contributed by atoms with Crippen molar-refractivity contribution in [1.82, 2.24) is 5.32 Å². The number of nitrogens with one attached hydrogen (secondary N) is 1. The fourth-order valence-corrected chi connectivity index (χ4v) is 2.63. The normalized spacial score (nSPS) is 10.2. The molecule has 0 aromatic heterocycles. The topological polar surface area (TPSA) is 73.9 Å². The van der Waals surface area contributed by atoms with Gasteiger partial charge in [-0.25, -0.2) is 0 Å². The Labute approximate surface area is 163 Å². The van der Waals surface area contributed by atoms with Gasteiger partial charge in [-0.15, -0.1) is 0 Å². The predicted molar refractivity (Wildman–Crippen MR) is 102 cm³/mol. The predicted octanol–water partition coefficient (Wildman–Crippen LogP) is 2.80. The molecule has 2 rings (SSSR count). The molecule has 7 heteroatoms. The van der Waals surface area contributed by atoms with Crippen LogP contribution in [0.15, 0.2) is 42.5 Å². The monoisotopic (exact) mass is 391 g/mol. The molecule has 0 heterocycles. The van der Waals surface area contributed by atoms with E-state index in [-0.39, 0.29) is 18.9 Å². The molecule has 0 spiro atoms. The van der Waals surface area contributed by atoms with E-state index in [0.29, 0.717) is 35.1 Å². The Bertz CT molecular complexity index is 794. The number of methoxy groups -OCH3 is 2. The molecule has 0 bridgehead atoms. The molecule has 0 unspecified atom stereocenters. The lowest BCUT2D eigenvalue weighted by Crippen LogP contribution is -2.30. The summed E-state index contributed by atoms with van der Waals surface area (Å²) in [6.45, 7) is 0.0889. The maximum Gasteiger partial charge on any atom is 0.310 e. The first kappa shape index (κ1) is 20.6. The minimum absolute atomic E-state index is 0.0264. The van der Waals surface area contributed by atoms with Crippen LogP contribution in [-0.4, -0.2) is 39.2 Å². The van der Waals surface area contributed by atoms with E-state index in [9.17, 15) is 9.59 Å². The number of hydrogen-bond acceptors (Lipinski definition) is 5. The summed E-state index contributed by atoms with van der Waals surface area (Å²) in [4.78, 5) is 23.6. The summed E-state index contributed by atoms with van der Waals surface area (Å²) in [5, 5.41) is 3.21. The molecule has 0 fully saturated rings. The number of ether oxygens (including phenoxy) is 3. The fraction of sp³-hybridized carbons (Fsp3) is 0.300. The average Bonchev–Trinajstić information content (AvgIpc) is 2.68. The highest BCUT2D eigenvalue weighted by Gasteiger charge is 2.10. The van der Waals surface area contributed by atoms with Gasteiger partial charge < -0.3 is 19.5 Å². The van der Waals surface area contributed by atoms with Crippen LogP contribution in [0.5, 0.6) is 11.5 Å². The Hall–Kier alpha value is -2.73. The van der Waals surface area contributed by atoms with Crippen LogP contribution in [0.4, 0.5) is 0 Å². The molecular weight excluding hydrogens is 370 g/mol. The molecule has 0 aliphatic heterocycles. The zero-order valence-corrected chi connectivity index (χ0v) is 16.0. The van der Waals surface area contributed by atoms with Crippen molar-refractivity contribution >= 4 is 23.5 Å². The number of amides is 1. The molecule has 1 amide bonds. The van der Waals surface area contributed by atoms with Crippen LogP contribution in [0.25, 0.3) is 0 Å². The van der Waals surface area contributed by atoms with Gasteiger partial charge in [0.25, 0.3) is 5.91 Å². The quantitative estimate of drug-likeness (QED) is 0.665. The van der Waals surface area contributed by atoms with Gasteiger partial charge in [-0.2, -0.15) is 0 Å². The van der Waals surface area contributed by atoms with E-state index in [1.165, 1.54) is 0 Å². The Morgan fingerprint density at radius 1 is 1.04 bits per heavy atom. The van der Waals surface area contributed by atoms with Crippen LogP contribution in [0.1, 0.15) is 11.1 Å². The molecule has 144 valence electrons. The number of benzene rings is 2. The molecule has 27 heavy (non-hydrogen) atoms. The van der Waals surface area contributed by atoms with Gasteiger partial charge in [0.05, 0.1) is 20.6 Å². The number of halogens is 1. The molecule has 0 atom stereocenters. The second-order valence-electron chi connectivity index (χ2n) is 5.72. The summed E-state index contributed by atoms with van der Waals surface area (Å²) in [7, 11) is 3.14. The Morgan fingerprint density at radius 3 is 2.48 bits per heavy atom. The lowest BCUT2D eigenvalue weighted by Gasteiger charge is -2.10. The second kappa shape index (κ2) is 10.4. The Balaban J connectivity index is 1.72. The van der Waals surface area contributed by atoms with Crippen molar-refractivity contribution in [1.29, 1.82) is 0 Å². The first-order valence-corrected chi connectivity index (χ1v) is 8.78. The van der Waals surface area contributed by atoms with Crippen molar-refractivity contribution in [3.63, 3.8) is 0 Å². The second-order valence-corrected chi connectivity index (χ2v) is 6.13. The number of carbonyl (C=O) groups is 2. The van der Waals surface area contributed by atoms with Gasteiger partial charge in [0, 0.05) is 11.6 Å². The van der Waals surface area contributed by atoms with Crippen molar-refractivity contribution < 1.29 is 23.8 Å². The minimum atomic E-state index is -0.502. The highest BCUT2D eigenvalue weighted by Crippen LogP contribution is 2.27. The number of esters is 1. The highest BCUT2D eigenvalue weighted by atomic mass is 35.5. The third kappa shape index (κ3) is 6.49. The molecule has 6 nitrogen and oxygen atoms in total. The molecule has 2 aromatic carbocycles. The molecule has 0 saturated carbocycles. The Morgan fingerprint density at radius 2 is 1.78 bits per heavy atom. The molecule has 0 saturated heterocycles. The number of rotatable bonds is 9. The Kier molecular flexibility index (Phi) is 7.95. The van der Waals surface area contributed by atoms with Crippen LogP contribution in [0.3, 0.4) is 0 Å². The smallest absolute Gasteiger partial charge is 0.310 e. The van der Waals surface area contributed by atoms with Crippen molar-refractivity contribution in [3.05, 3.63) is 58.6 Å². The van der Waals surface area contributed by atoms with E-state index in [4.69, 9.17) is 25.8 Å². The summed E-state index contributed by atoms with van der Waals surface area (Å²) in [6, 6.07) is 12.6. The molecule has 0 aliphatic carbocycles. The first-order valence-electron chi connectivity index (χ1n) is 8.40. The SMILES string of the molecule is COc1ccc(CCNC(=O)COC(=O)Cc2ccccc2Cl)cc1OC. The van der Waals surface area contributed by atoms with Crippen LogP contribution in [0, 0.1) is 0 Å². The van der Waals surface area contributed by atoms with E-state index in [1.807, 2.05) is 18.2 Å². The zero-order chi connectivity index (χ0) is 19.6. The molecule has 1 N–H and O–H groups in total. The number of carbonyl (C=O) groups excluding carboxylic acids is 2.